The maximum atomic E-state index is 11.4. The van der Waals surface area contributed by atoms with Gasteiger partial charge in [0.05, 0.1) is 6.26 Å². The summed E-state index contributed by atoms with van der Waals surface area (Å²) in [4.78, 5) is 21.2. The zero-order valence-electron chi connectivity index (χ0n) is 8.50. The van der Waals surface area contributed by atoms with Crippen molar-refractivity contribution >= 4 is 32.0 Å². The molecule has 16 heavy (non-hydrogen) atoms. The van der Waals surface area contributed by atoms with Gasteiger partial charge in [-0.1, -0.05) is 0 Å². The molecular weight excluding hydrogens is 262 g/mol. The minimum absolute atomic E-state index is 0.476. The number of amides is 3. The van der Waals surface area contributed by atoms with Crippen molar-refractivity contribution in [3.63, 3.8) is 0 Å². The number of carbonyl (C=O) groups excluding carboxylic acids is 2. The second kappa shape index (κ2) is 4.65. The molecule has 3 N–H and O–H groups in total. The van der Waals surface area contributed by atoms with E-state index in [0.717, 1.165) is 6.92 Å². The number of hydrogen-bond acceptors (Lipinski definition) is 6. The number of sulfonamides is 2. The van der Waals surface area contributed by atoms with E-state index >= 15 is 0 Å². The summed E-state index contributed by atoms with van der Waals surface area (Å²) >= 11 is 0. The van der Waals surface area contributed by atoms with Crippen LogP contribution in [0.25, 0.3) is 0 Å². The number of nitrogens with two attached hydrogens (primary N) is 1. The minimum Gasteiger partial charge on any atom is -0.350 e. The van der Waals surface area contributed by atoms with Crippen molar-refractivity contribution in [3.8, 4) is 0 Å². The minimum atomic E-state index is -4.54. The summed E-state index contributed by atoms with van der Waals surface area (Å²) in [5.41, 5.74) is 4.63. The smallest absolute Gasteiger partial charge is 0.342 e. The van der Waals surface area contributed by atoms with Crippen LogP contribution in [-0.4, -0.2) is 44.6 Å². The topological polar surface area (TPSA) is 144 Å². The SMILES string of the molecule is CC(=O)NCS(=O)(=O)N(C(N)=O)S(C)(=O)=O. The third kappa shape index (κ3) is 4.02. The normalized spacial score (nSPS) is 11.9. The molecule has 9 nitrogen and oxygen atoms in total. The van der Waals surface area contributed by atoms with Gasteiger partial charge in [0, 0.05) is 6.92 Å². The van der Waals surface area contributed by atoms with Gasteiger partial charge in [-0.05, 0) is 0 Å². The van der Waals surface area contributed by atoms with Crippen molar-refractivity contribution in [1.82, 2.24) is 9.03 Å². The van der Waals surface area contributed by atoms with Crippen molar-refractivity contribution in [1.29, 1.82) is 0 Å². The molecular formula is C5H11N3O6S2. The molecule has 0 fully saturated rings. The van der Waals surface area contributed by atoms with E-state index in [0.29, 0.717) is 6.26 Å². The molecule has 0 aromatic rings. The van der Waals surface area contributed by atoms with Crippen LogP contribution in [-0.2, 0) is 24.8 Å². The van der Waals surface area contributed by atoms with Crippen LogP contribution in [0, 0.1) is 0 Å². The lowest BCUT2D eigenvalue weighted by atomic mass is 10.7. The number of carbonyl (C=O) groups is 2. The largest absolute Gasteiger partial charge is 0.350 e. The van der Waals surface area contributed by atoms with Crippen LogP contribution in [0.3, 0.4) is 0 Å². The summed E-state index contributed by atoms with van der Waals surface area (Å²) in [6.45, 7) is 1.03. The summed E-state index contributed by atoms with van der Waals surface area (Å²) in [5.74, 6) is -1.72. The summed E-state index contributed by atoms with van der Waals surface area (Å²) in [5, 5.41) is 1.85. The number of nitrogens with zero attached hydrogens (tertiary/aromatic N) is 1. The molecule has 0 saturated carbocycles. The zero-order valence-corrected chi connectivity index (χ0v) is 10.1. The van der Waals surface area contributed by atoms with E-state index < -0.39 is 41.6 Å². The van der Waals surface area contributed by atoms with Gasteiger partial charge in [-0.2, -0.15) is 0 Å². The summed E-state index contributed by atoms with van der Waals surface area (Å²) in [6, 6.07) is -1.66. The van der Waals surface area contributed by atoms with Gasteiger partial charge in [-0.3, -0.25) is 4.79 Å². The van der Waals surface area contributed by atoms with Crippen LogP contribution in [0.4, 0.5) is 4.79 Å². The maximum absolute atomic E-state index is 11.4. The Morgan fingerprint density at radius 1 is 1.25 bits per heavy atom. The number of rotatable bonds is 4. The third-order valence-electron chi connectivity index (χ3n) is 1.24. The Morgan fingerprint density at radius 3 is 1.94 bits per heavy atom. The van der Waals surface area contributed by atoms with Gasteiger partial charge in [0.25, 0.3) is 10.0 Å². The van der Waals surface area contributed by atoms with Crippen molar-refractivity contribution in [2.24, 2.45) is 5.73 Å². The highest BCUT2D eigenvalue weighted by atomic mass is 32.3. The molecule has 0 atom stereocenters. The maximum Gasteiger partial charge on any atom is 0.342 e. The van der Waals surface area contributed by atoms with Crippen molar-refractivity contribution in [3.05, 3.63) is 0 Å². The lowest BCUT2D eigenvalue weighted by molar-refractivity contribution is -0.118. The fraction of sp³-hybridized carbons (Fsp3) is 0.600. The highest BCUT2D eigenvalue weighted by molar-refractivity contribution is 8.04. The monoisotopic (exact) mass is 273 g/mol. The number of primary amides is 1. The van der Waals surface area contributed by atoms with Crippen LogP contribution in [0.15, 0.2) is 0 Å². The molecule has 0 rings (SSSR count). The van der Waals surface area contributed by atoms with Gasteiger partial charge in [-0.15, -0.1) is 3.71 Å². The van der Waals surface area contributed by atoms with Gasteiger partial charge < -0.3 is 11.1 Å². The summed E-state index contributed by atoms with van der Waals surface area (Å²) < 4.78 is 44.2. The molecule has 0 aliphatic carbocycles. The molecule has 0 aliphatic rings. The van der Waals surface area contributed by atoms with E-state index in [4.69, 9.17) is 0 Å². The third-order valence-corrected chi connectivity index (χ3v) is 4.71. The second-order valence-electron chi connectivity index (χ2n) is 2.79. The van der Waals surface area contributed by atoms with Gasteiger partial charge in [-0.25, -0.2) is 21.6 Å². The van der Waals surface area contributed by atoms with Gasteiger partial charge in [0.2, 0.25) is 15.9 Å². The van der Waals surface area contributed by atoms with E-state index in [1.54, 1.807) is 0 Å². The molecule has 0 aromatic heterocycles. The molecule has 3 amide bonds. The lowest BCUT2D eigenvalue weighted by Crippen LogP contribution is -2.47. The summed E-state index contributed by atoms with van der Waals surface area (Å²) in [7, 11) is -8.89. The van der Waals surface area contributed by atoms with E-state index in [1.807, 2.05) is 5.32 Å². The number of urea groups is 1. The van der Waals surface area contributed by atoms with Crippen LogP contribution in [0.1, 0.15) is 6.92 Å². The molecule has 0 aliphatic heterocycles. The molecule has 0 saturated heterocycles. The van der Waals surface area contributed by atoms with Crippen molar-refractivity contribution in [2.45, 2.75) is 6.92 Å². The second-order valence-corrected chi connectivity index (χ2v) is 6.67. The Kier molecular flexibility index (Phi) is 4.26. The standard InChI is InChI=1S/C5H11N3O6S2/c1-4(9)7-3-16(13,14)8(5(6)10)15(2,11)12/h3H2,1-2H3,(H2,6,10)(H,7,9). The Hall–Kier alpha value is -1.36. The fourth-order valence-electron chi connectivity index (χ4n) is 0.758. The van der Waals surface area contributed by atoms with E-state index in [1.165, 1.54) is 0 Å². The van der Waals surface area contributed by atoms with Gasteiger partial charge in [0.1, 0.15) is 5.88 Å². The molecule has 11 heteroatoms. The Balaban J connectivity index is 5.25. The fourth-order valence-corrected chi connectivity index (χ4v) is 3.67. The molecule has 0 radical (unpaired) electrons. The van der Waals surface area contributed by atoms with E-state index in [9.17, 15) is 26.4 Å². The van der Waals surface area contributed by atoms with Crippen LogP contribution < -0.4 is 11.1 Å². The Labute approximate surface area is 92.7 Å². The Morgan fingerprint density at radius 2 is 1.69 bits per heavy atom. The van der Waals surface area contributed by atoms with Crippen LogP contribution in [0.5, 0.6) is 0 Å². The average molecular weight is 273 g/mol. The van der Waals surface area contributed by atoms with E-state index in [-0.39, 0.29) is 0 Å². The molecule has 0 bridgehead atoms. The van der Waals surface area contributed by atoms with E-state index in [2.05, 4.69) is 5.73 Å². The molecule has 0 aromatic carbocycles. The first-order chi connectivity index (χ1) is 6.98. The zero-order chi connectivity index (χ0) is 13.1. The highest BCUT2D eigenvalue weighted by Crippen LogP contribution is 2.06. The number of hydrogen-bond donors (Lipinski definition) is 2. The predicted molar refractivity (Wildman–Crippen MR) is 53.9 cm³/mol. The Bertz CT molecular complexity index is 492. The van der Waals surface area contributed by atoms with Crippen LogP contribution >= 0.6 is 0 Å². The first-order valence-corrected chi connectivity index (χ1v) is 7.21. The highest BCUT2D eigenvalue weighted by Gasteiger charge is 2.34. The first-order valence-electron chi connectivity index (χ1n) is 3.75. The van der Waals surface area contributed by atoms with Gasteiger partial charge >= 0.3 is 6.03 Å². The average Bonchev–Trinajstić information content (AvgIpc) is 1.96. The first kappa shape index (κ1) is 14.6. The lowest BCUT2D eigenvalue weighted by Gasteiger charge is -2.17. The predicted octanol–water partition coefficient (Wildman–Crippen LogP) is -2.25. The van der Waals surface area contributed by atoms with Crippen molar-refractivity contribution < 1.29 is 26.4 Å². The van der Waals surface area contributed by atoms with Gasteiger partial charge in [0.15, 0.2) is 0 Å². The molecule has 0 spiro atoms. The summed E-state index contributed by atoms with van der Waals surface area (Å²) in [6.07, 6.45) is 0.503. The van der Waals surface area contributed by atoms with Crippen LogP contribution in [0.2, 0.25) is 0 Å². The molecule has 94 valence electrons. The van der Waals surface area contributed by atoms with Crippen molar-refractivity contribution in [2.75, 3.05) is 12.1 Å². The quantitative estimate of drug-likeness (QED) is 0.592. The molecule has 0 heterocycles. The number of nitrogens with one attached hydrogen (secondary N) is 1. The molecule has 0 unspecified atom stereocenters.